The second kappa shape index (κ2) is 12.3. The van der Waals surface area contributed by atoms with Gasteiger partial charge in [0.1, 0.15) is 0 Å². The average molecular weight is 602 g/mol. The number of hydrogen-bond donors (Lipinski definition) is 1. The van der Waals surface area contributed by atoms with Gasteiger partial charge in [0.05, 0.1) is 27.5 Å². The summed E-state index contributed by atoms with van der Waals surface area (Å²) in [5.41, 5.74) is 3.95. The van der Waals surface area contributed by atoms with Crippen LogP contribution in [0.5, 0.6) is 5.88 Å². The van der Waals surface area contributed by atoms with Gasteiger partial charge < -0.3 is 14.9 Å². The van der Waals surface area contributed by atoms with E-state index in [1.165, 1.54) is 15.1 Å². The van der Waals surface area contributed by atoms with E-state index >= 15 is 0 Å². The summed E-state index contributed by atoms with van der Waals surface area (Å²) in [7, 11) is -1.65. The van der Waals surface area contributed by atoms with Gasteiger partial charge in [0.2, 0.25) is 15.9 Å². The number of benzene rings is 3. The van der Waals surface area contributed by atoms with Crippen molar-refractivity contribution in [3.05, 3.63) is 87.7 Å². The van der Waals surface area contributed by atoms with E-state index in [1.807, 2.05) is 58.0 Å². The van der Waals surface area contributed by atoms with E-state index in [9.17, 15) is 18.3 Å². The van der Waals surface area contributed by atoms with E-state index in [4.69, 9.17) is 4.99 Å². The van der Waals surface area contributed by atoms with Crippen LogP contribution in [0.2, 0.25) is 0 Å². The third-order valence-electron chi connectivity index (χ3n) is 8.32. The zero-order valence-electron chi connectivity index (χ0n) is 25.4. The van der Waals surface area contributed by atoms with Gasteiger partial charge in [0, 0.05) is 56.3 Å². The molecule has 0 radical (unpaired) electrons. The van der Waals surface area contributed by atoms with Gasteiger partial charge >= 0.3 is 0 Å². The Bertz CT molecular complexity index is 1850. The van der Waals surface area contributed by atoms with Crippen LogP contribution in [0.15, 0.2) is 75.3 Å². The molecule has 0 unspecified atom stereocenters. The molecule has 1 saturated heterocycles. The first-order valence-electron chi connectivity index (χ1n) is 14.6. The average Bonchev–Trinajstić information content (AvgIpc) is 3.00. The van der Waals surface area contributed by atoms with E-state index in [-0.39, 0.29) is 16.3 Å². The SMILES string of the molecule is CCN(CC)S(=O)(=O)c1ccc(N2CCN(C)CC2)c(N=Cc2c(O)n(-c3ccc(C)c(C)c3)c(=O)c3ccccc23)c1. The van der Waals surface area contributed by atoms with Gasteiger partial charge in [0.25, 0.3) is 5.56 Å². The second-order valence-electron chi connectivity index (χ2n) is 11.0. The first-order chi connectivity index (χ1) is 20.6. The number of anilines is 1. The van der Waals surface area contributed by atoms with Crippen LogP contribution in [-0.4, -0.2) is 79.8 Å². The lowest BCUT2D eigenvalue weighted by Crippen LogP contribution is -2.44. The predicted molar refractivity (Wildman–Crippen MR) is 174 cm³/mol. The van der Waals surface area contributed by atoms with Crippen LogP contribution in [0.4, 0.5) is 11.4 Å². The van der Waals surface area contributed by atoms with Gasteiger partial charge in [-0.3, -0.25) is 9.79 Å². The fraction of sp³-hybridized carbons (Fsp3) is 0.333. The largest absolute Gasteiger partial charge is 0.494 e. The molecule has 1 N–H and O–H groups in total. The number of likely N-dealkylation sites (N-methyl/N-ethyl adjacent to an activating group) is 1. The van der Waals surface area contributed by atoms with Crippen molar-refractivity contribution in [1.29, 1.82) is 0 Å². The molecular formula is C33H39N5O4S. The molecule has 2 heterocycles. The van der Waals surface area contributed by atoms with Crippen molar-refractivity contribution in [3.8, 4) is 11.6 Å². The fourth-order valence-electron chi connectivity index (χ4n) is 5.52. The smallest absolute Gasteiger partial charge is 0.265 e. The molecule has 226 valence electrons. The van der Waals surface area contributed by atoms with Crippen LogP contribution in [0.1, 0.15) is 30.5 Å². The molecular weight excluding hydrogens is 562 g/mol. The third-order valence-corrected chi connectivity index (χ3v) is 10.4. The predicted octanol–water partition coefficient (Wildman–Crippen LogP) is 4.85. The van der Waals surface area contributed by atoms with E-state index < -0.39 is 10.0 Å². The minimum absolute atomic E-state index is 0.162. The van der Waals surface area contributed by atoms with Crippen LogP contribution in [0.25, 0.3) is 16.5 Å². The first kappa shape index (κ1) is 30.5. The first-order valence-corrected chi connectivity index (χ1v) is 16.1. The lowest BCUT2D eigenvalue weighted by atomic mass is 10.1. The maximum atomic E-state index is 13.6. The van der Waals surface area contributed by atoms with Crippen LogP contribution < -0.4 is 10.5 Å². The Kier molecular flexibility index (Phi) is 8.73. The monoisotopic (exact) mass is 601 g/mol. The molecule has 0 saturated carbocycles. The summed E-state index contributed by atoms with van der Waals surface area (Å²) in [6, 6.07) is 17.8. The number of aromatic nitrogens is 1. The minimum Gasteiger partial charge on any atom is -0.494 e. The lowest BCUT2D eigenvalue weighted by molar-refractivity contribution is 0.313. The second-order valence-corrected chi connectivity index (χ2v) is 12.9. The molecule has 5 rings (SSSR count). The number of fused-ring (bicyclic) bond motifs is 1. The van der Waals surface area contributed by atoms with Crippen molar-refractivity contribution in [2.75, 3.05) is 51.2 Å². The van der Waals surface area contributed by atoms with Gasteiger partial charge in [-0.15, -0.1) is 0 Å². The molecule has 1 aliphatic rings. The van der Waals surface area contributed by atoms with Crippen LogP contribution in [-0.2, 0) is 10.0 Å². The molecule has 0 spiro atoms. The number of aromatic hydroxyl groups is 1. The number of pyridine rings is 1. The molecule has 43 heavy (non-hydrogen) atoms. The van der Waals surface area contributed by atoms with Crippen LogP contribution in [0, 0.1) is 13.8 Å². The molecule has 0 aliphatic carbocycles. The Balaban J connectivity index is 1.70. The highest BCUT2D eigenvalue weighted by atomic mass is 32.2. The molecule has 4 aromatic rings. The molecule has 0 amide bonds. The minimum atomic E-state index is -3.72. The van der Waals surface area contributed by atoms with Crippen molar-refractivity contribution in [2.24, 2.45) is 4.99 Å². The summed E-state index contributed by atoms with van der Waals surface area (Å²) in [6.07, 6.45) is 1.54. The number of hydrogen-bond acceptors (Lipinski definition) is 7. The maximum absolute atomic E-state index is 13.6. The van der Waals surface area contributed by atoms with Crippen molar-refractivity contribution in [1.82, 2.24) is 13.8 Å². The summed E-state index contributed by atoms with van der Waals surface area (Å²) in [5, 5.41) is 12.6. The number of rotatable bonds is 8. The van der Waals surface area contributed by atoms with Gasteiger partial charge in [-0.25, -0.2) is 13.0 Å². The summed E-state index contributed by atoms with van der Waals surface area (Å²) in [6.45, 7) is 11.6. The molecule has 9 nitrogen and oxygen atoms in total. The van der Waals surface area contributed by atoms with Gasteiger partial charge in [-0.1, -0.05) is 38.1 Å². The molecule has 1 aromatic heterocycles. The number of sulfonamides is 1. The van der Waals surface area contributed by atoms with Gasteiger partial charge in [-0.2, -0.15) is 4.31 Å². The Labute approximate surface area is 253 Å². The molecule has 10 heteroatoms. The Morgan fingerprint density at radius 1 is 0.907 bits per heavy atom. The zero-order chi connectivity index (χ0) is 30.9. The van der Waals surface area contributed by atoms with E-state index in [1.54, 1.807) is 30.3 Å². The van der Waals surface area contributed by atoms with Gasteiger partial charge in [0.15, 0.2) is 0 Å². The van der Waals surface area contributed by atoms with Crippen molar-refractivity contribution in [3.63, 3.8) is 0 Å². The molecule has 0 atom stereocenters. The topological polar surface area (TPSA) is 98.4 Å². The summed E-state index contributed by atoms with van der Waals surface area (Å²) < 4.78 is 29.6. The molecule has 0 bridgehead atoms. The fourth-order valence-corrected chi connectivity index (χ4v) is 7.00. The zero-order valence-corrected chi connectivity index (χ0v) is 26.2. The Morgan fingerprint density at radius 2 is 1.58 bits per heavy atom. The van der Waals surface area contributed by atoms with Crippen molar-refractivity contribution >= 4 is 38.4 Å². The number of aryl methyl sites for hydroxylation is 2. The summed E-state index contributed by atoms with van der Waals surface area (Å²) >= 11 is 0. The highest BCUT2D eigenvalue weighted by Gasteiger charge is 2.25. The summed E-state index contributed by atoms with van der Waals surface area (Å²) in [4.78, 5) is 23.1. The van der Waals surface area contributed by atoms with Crippen molar-refractivity contribution < 1.29 is 13.5 Å². The maximum Gasteiger partial charge on any atom is 0.265 e. The number of nitrogens with zero attached hydrogens (tertiary/aromatic N) is 5. The molecule has 1 fully saturated rings. The summed E-state index contributed by atoms with van der Waals surface area (Å²) in [5.74, 6) is -0.233. The van der Waals surface area contributed by atoms with Crippen LogP contribution >= 0.6 is 0 Å². The van der Waals surface area contributed by atoms with E-state index in [2.05, 4.69) is 16.8 Å². The highest BCUT2D eigenvalue weighted by Crippen LogP contribution is 2.34. The highest BCUT2D eigenvalue weighted by molar-refractivity contribution is 7.89. The van der Waals surface area contributed by atoms with Crippen molar-refractivity contribution in [2.45, 2.75) is 32.6 Å². The number of piperazine rings is 1. The molecule has 1 aliphatic heterocycles. The van der Waals surface area contributed by atoms with Crippen LogP contribution in [0.3, 0.4) is 0 Å². The molecule has 3 aromatic carbocycles. The van der Waals surface area contributed by atoms with E-state index in [0.717, 1.165) is 43.0 Å². The third kappa shape index (κ3) is 5.82. The quantitative estimate of drug-likeness (QED) is 0.290. The standard InChI is InChI=1S/C33H39N5O4S/c1-6-37(7-2)43(41,42)26-14-15-31(36-18-16-35(5)17-19-36)30(21-26)34-22-29-27-10-8-9-11-28(27)32(39)38(33(29)40)25-13-12-23(3)24(4)20-25/h8-15,20-22,40H,6-7,16-19H2,1-5H3. The lowest BCUT2D eigenvalue weighted by Gasteiger charge is -2.34. The normalized spacial score (nSPS) is 14.8. The Hall–Kier alpha value is -3.99. The Morgan fingerprint density at radius 3 is 2.23 bits per heavy atom. The van der Waals surface area contributed by atoms with E-state index in [0.29, 0.717) is 40.8 Å². The van der Waals surface area contributed by atoms with Gasteiger partial charge in [-0.05, 0) is 68.4 Å². The number of aliphatic imine (C=N–C) groups is 1.